The van der Waals surface area contributed by atoms with E-state index in [0.29, 0.717) is 0 Å². The van der Waals surface area contributed by atoms with Crippen molar-refractivity contribution in [3.8, 4) is 0 Å². The maximum absolute atomic E-state index is 2.40. The van der Waals surface area contributed by atoms with E-state index in [1.807, 2.05) is 0 Å². The van der Waals surface area contributed by atoms with Crippen molar-refractivity contribution in [2.24, 2.45) is 23.7 Å². The fraction of sp³-hybridized carbons (Fsp3) is 0.857. The van der Waals surface area contributed by atoms with E-state index >= 15 is 0 Å². The van der Waals surface area contributed by atoms with Gasteiger partial charge in [0.2, 0.25) is 0 Å². The van der Waals surface area contributed by atoms with Crippen molar-refractivity contribution < 1.29 is 0 Å². The maximum atomic E-state index is 2.40. The molecule has 0 aromatic rings. The highest BCUT2D eigenvalue weighted by atomic mass is 14.2. The van der Waals surface area contributed by atoms with Crippen LogP contribution < -0.4 is 0 Å². The van der Waals surface area contributed by atoms with Crippen LogP contribution in [-0.4, -0.2) is 0 Å². The van der Waals surface area contributed by atoms with Gasteiger partial charge in [0.05, 0.1) is 0 Å². The summed E-state index contributed by atoms with van der Waals surface area (Å²) in [6, 6.07) is 0. The van der Waals surface area contributed by atoms with E-state index in [1.165, 1.54) is 12.8 Å². The van der Waals surface area contributed by atoms with Crippen molar-refractivity contribution in [3.05, 3.63) is 12.2 Å². The molecule has 0 aromatic carbocycles. The minimum atomic E-state index is 0.726. The molecule has 0 nitrogen and oxygen atoms in total. The van der Waals surface area contributed by atoms with Crippen molar-refractivity contribution in [2.75, 3.05) is 0 Å². The Bertz CT molecular complexity index is 155. The van der Waals surface area contributed by atoms with Crippen LogP contribution in [0.3, 0.4) is 0 Å². The first kappa shape index (κ1) is 13.7. The molecule has 0 saturated heterocycles. The molecule has 0 aliphatic heterocycles. The summed E-state index contributed by atoms with van der Waals surface area (Å²) >= 11 is 0. The van der Waals surface area contributed by atoms with E-state index < -0.39 is 0 Å². The Morgan fingerprint density at radius 3 is 2.00 bits per heavy atom. The van der Waals surface area contributed by atoms with Gasteiger partial charge in [-0.15, -0.1) is 0 Å². The van der Waals surface area contributed by atoms with Gasteiger partial charge in [0, 0.05) is 0 Å². The summed E-state index contributed by atoms with van der Waals surface area (Å²) in [5.74, 6) is 3.16. The Balaban J connectivity index is 3.93. The fourth-order valence-electron chi connectivity index (χ4n) is 1.63. The third-order valence-electron chi connectivity index (χ3n) is 3.42. The lowest BCUT2D eigenvalue weighted by Gasteiger charge is -2.22. The van der Waals surface area contributed by atoms with Crippen molar-refractivity contribution in [3.63, 3.8) is 0 Å². The van der Waals surface area contributed by atoms with Gasteiger partial charge in [-0.2, -0.15) is 0 Å². The zero-order valence-corrected chi connectivity index (χ0v) is 10.9. The molecule has 0 bridgehead atoms. The number of hydrogen-bond acceptors (Lipinski definition) is 0. The standard InChI is InChI=1S/C14H28/c1-7-12(4)14(6)13(5)10-8-9-11(2)3/h8,10-14H,7,9H2,1-6H3. The number of hydrogen-bond donors (Lipinski definition) is 0. The fourth-order valence-corrected chi connectivity index (χ4v) is 1.63. The van der Waals surface area contributed by atoms with Gasteiger partial charge in [0.1, 0.15) is 0 Å². The predicted molar refractivity (Wildman–Crippen MR) is 66.4 cm³/mol. The lowest BCUT2D eigenvalue weighted by atomic mass is 9.83. The molecule has 0 amide bonds. The molecule has 14 heavy (non-hydrogen) atoms. The molecule has 3 atom stereocenters. The molecule has 0 spiro atoms. The molecule has 84 valence electrons. The van der Waals surface area contributed by atoms with E-state index in [-0.39, 0.29) is 0 Å². The quantitative estimate of drug-likeness (QED) is 0.530. The predicted octanol–water partition coefficient (Wildman–Crippen LogP) is 4.91. The van der Waals surface area contributed by atoms with Crippen LogP contribution >= 0.6 is 0 Å². The van der Waals surface area contributed by atoms with E-state index in [2.05, 4.69) is 53.7 Å². The second-order valence-electron chi connectivity index (χ2n) is 5.16. The zero-order valence-electron chi connectivity index (χ0n) is 10.9. The molecule has 0 aliphatic carbocycles. The van der Waals surface area contributed by atoms with E-state index in [4.69, 9.17) is 0 Å². The smallest absolute Gasteiger partial charge is 0.0234 e. The summed E-state index contributed by atoms with van der Waals surface area (Å²) in [6.45, 7) is 13.9. The van der Waals surface area contributed by atoms with Crippen LogP contribution in [0.1, 0.15) is 54.4 Å². The Kier molecular flexibility index (Phi) is 6.96. The van der Waals surface area contributed by atoms with Gasteiger partial charge in [0.25, 0.3) is 0 Å². The molecular formula is C14H28. The zero-order chi connectivity index (χ0) is 11.1. The summed E-state index contributed by atoms with van der Waals surface area (Å²) in [4.78, 5) is 0. The average molecular weight is 196 g/mol. The second-order valence-corrected chi connectivity index (χ2v) is 5.16. The summed E-state index contributed by atoms with van der Waals surface area (Å²) in [5.41, 5.74) is 0. The minimum absolute atomic E-state index is 0.726. The molecule has 0 aromatic heterocycles. The second kappa shape index (κ2) is 7.09. The third kappa shape index (κ3) is 5.47. The molecule has 0 heterocycles. The lowest BCUT2D eigenvalue weighted by molar-refractivity contribution is 0.311. The van der Waals surface area contributed by atoms with Crippen LogP contribution in [0.15, 0.2) is 12.2 Å². The Morgan fingerprint density at radius 1 is 1.00 bits per heavy atom. The highest BCUT2D eigenvalue weighted by Gasteiger charge is 2.14. The van der Waals surface area contributed by atoms with Gasteiger partial charge in [-0.1, -0.05) is 60.1 Å². The number of rotatable bonds is 6. The molecule has 0 fully saturated rings. The van der Waals surface area contributed by atoms with E-state index in [9.17, 15) is 0 Å². The van der Waals surface area contributed by atoms with Gasteiger partial charge >= 0.3 is 0 Å². The van der Waals surface area contributed by atoms with Crippen molar-refractivity contribution in [2.45, 2.75) is 54.4 Å². The summed E-state index contributed by atoms with van der Waals surface area (Å²) in [5, 5.41) is 0. The first-order valence-electron chi connectivity index (χ1n) is 6.15. The molecular weight excluding hydrogens is 168 g/mol. The molecule has 0 rings (SSSR count). The average Bonchev–Trinajstić information content (AvgIpc) is 2.14. The van der Waals surface area contributed by atoms with Gasteiger partial charge in [-0.05, 0) is 30.1 Å². The van der Waals surface area contributed by atoms with E-state index in [0.717, 1.165) is 23.7 Å². The van der Waals surface area contributed by atoms with Gasteiger partial charge in [0.15, 0.2) is 0 Å². The SMILES string of the molecule is CCC(C)C(C)C(C)C=CCC(C)C. The van der Waals surface area contributed by atoms with Gasteiger partial charge in [-0.3, -0.25) is 0 Å². The summed E-state index contributed by atoms with van der Waals surface area (Å²) < 4.78 is 0. The highest BCUT2D eigenvalue weighted by Crippen LogP contribution is 2.24. The molecule has 0 aliphatic rings. The first-order valence-corrected chi connectivity index (χ1v) is 6.15. The summed E-state index contributed by atoms with van der Waals surface area (Å²) in [6.07, 6.45) is 7.27. The third-order valence-corrected chi connectivity index (χ3v) is 3.42. The molecule has 0 N–H and O–H groups in total. The largest absolute Gasteiger partial charge is 0.0880 e. The van der Waals surface area contributed by atoms with Crippen molar-refractivity contribution in [1.29, 1.82) is 0 Å². The summed E-state index contributed by atoms with van der Waals surface area (Å²) in [7, 11) is 0. The first-order chi connectivity index (χ1) is 6.49. The molecule has 0 radical (unpaired) electrons. The van der Waals surface area contributed by atoms with Gasteiger partial charge in [-0.25, -0.2) is 0 Å². The Labute approximate surface area is 90.8 Å². The molecule has 0 saturated carbocycles. The van der Waals surface area contributed by atoms with E-state index in [1.54, 1.807) is 0 Å². The van der Waals surface area contributed by atoms with Crippen LogP contribution in [0.2, 0.25) is 0 Å². The van der Waals surface area contributed by atoms with Crippen LogP contribution in [0, 0.1) is 23.7 Å². The van der Waals surface area contributed by atoms with Crippen molar-refractivity contribution >= 4 is 0 Å². The van der Waals surface area contributed by atoms with Crippen molar-refractivity contribution in [1.82, 2.24) is 0 Å². The Morgan fingerprint density at radius 2 is 1.57 bits per heavy atom. The highest BCUT2D eigenvalue weighted by molar-refractivity contribution is 4.90. The topological polar surface area (TPSA) is 0 Å². The normalized spacial score (nSPS) is 18.8. The van der Waals surface area contributed by atoms with Gasteiger partial charge < -0.3 is 0 Å². The van der Waals surface area contributed by atoms with Crippen LogP contribution in [0.4, 0.5) is 0 Å². The molecule has 0 heteroatoms. The van der Waals surface area contributed by atoms with Crippen LogP contribution in [-0.2, 0) is 0 Å². The molecule has 3 unspecified atom stereocenters. The van der Waals surface area contributed by atoms with Crippen LogP contribution in [0.25, 0.3) is 0 Å². The lowest BCUT2D eigenvalue weighted by Crippen LogP contribution is -2.14. The maximum Gasteiger partial charge on any atom is -0.0234 e. The Hall–Kier alpha value is -0.260. The monoisotopic (exact) mass is 196 g/mol. The minimum Gasteiger partial charge on any atom is -0.0880 e. The van der Waals surface area contributed by atoms with Crippen LogP contribution in [0.5, 0.6) is 0 Å². The number of allylic oxidation sites excluding steroid dienone is 2.